The molecule has 0 aliphatic rings. The molecule has 6 heterocycles. The molecule has 470 valence electrons. The average molecular weight is 1310 g/mol. The van der Waals surface area contributed by atoms with E-state index < -0.39 is 39.3 Å². The van der Waals surface area contributed by atoms with E-state index in [2.05, 4.69) is 40.7 Å². The number of fused-ring (bicyclic) bond motifs is 4. The first kappa shape index (κ1) is 66.9. The van der Waals surface area contributed by atoms with Gasteiger partial charge in [0.2, 0.25) is 14.9 Å². The molecule has 12 aromatic rings. The molecule has 0 saturated carbocycles. The van der Waals surface area contributed by atoms with Gasteiger partial charge >= 0.3 is 0 Å². The van der Waals surface area contributed by atoms with Crippen molar-refractivity contribution in [3.05, 3.63) is 255 Å². The summed E-state index contributed by atoms with van der Waals surface area (Å²) in [7, 11) is -9.81. The van der Waals surface area contributed by atoms with Crippen molar-refractivity contribution < 1.29 is 38.1 Å². The van der Waals surface area contributed by atoms with Crippen LogP contribution in [0.4, 0.5) is 5.69 Å². The van der Waals surface area contributed by atoms with E-state index in [4.69, 9.17) is 4.42 Å². The number of para-hydroxylation sites is 4. The maximum absolute atomic E-state index is 12.9. The first-order valence-electron chi connectivity index (χ1n) is 29.3. The Morgan fingerprint density at radius 2 is 0.758 bits per heavy atom. The highest BCUT2D eigenvalue weighted by molar-refractivity contribution is 7.92. The number of anilines is 1. The topological polar surface area (TPSA) is 204 Å². The quantitative estimate of drug-likeness (QED) is 0.105. The summed E-state index contributed by atoms with van der Waals surface area (Å²) in [6, 6.07) is 57.2. The molecule has 0 spiro atoms. The van der Waals surface area contributed by atoms with Crippen molar-refractivity contribution >= 4 is 100.0 Å². The van der Waals surface area contributed by atoms with Crippen molar-refractivity contribution in [3.63, 3.8) is 0 Å². The molecule has 0 bridgehead atoms. The Bertz CT molecular complexity index is 4940. The van der Waals surface area contributed by atoms with Gasteiger partial charge in [0.1, 0.15) is 9.97 Å². The van der Waals surface area contributed by atoms with E-state index in [1.165, 1.54) is 17.4 Å². The zero-order valence-electron chi connectivity index (χ0n) is 52.8. The summed E-state index contributed by atoms with van der Waals surface area (Å²) in [4.78, 5) is 20.6. The summed E-state index contributed by atoms with van der Waals surface area (Å²) in [5.41, 5.74) is 12.5. The van der Waals surface area contributed by atoms with Gasteiger partial charge < -0.3 is 9.32 Å². The summed E-state index contributed by atoms with van der Waals surface area (Å²) < 4.78 is 107. The predicted octanol–water partition coefficient (Wildman–Crippen LogP) is 15.7. The number of benzene rings is 6. The molecule has 0 radical (unpaired) electrons. The number of furan rings is 1. The van der Waals surface area contributed by atoms with Crippen molar-refractivity contribution in [2.75, 3.05) is 19.0 Å². The van der Waals surface area contributed by atoms with Gasteiger partial charge in [-0.15, -0.1) is 11.3 Å². The van der Waals surface area contributed by atoms with E-state index in [0.717, 1.165) is 99.9 Å². The van der Waals surface area contributed by atoms with Crippen LogP contribution in [0.15, 0.2) is 217 Å². The lowest BCUT2D eigenvalue weighted by atomic mass is 9.87. The number of rotatable bonds is 13. The lowest BCUT2D eigenvalue weighted by Crippen LogP contribution is -2.12. The van der Waals surface area contributed by atoms with E-state index >= 15 is 0 Å². The molecule has 6 aromatic carbocycles. The number of nitrogens with zero attached hydrogens (tertiary/aromatic N) is 5. The zero-order chi connectivity index (χ0) is 65.6. The van der Waals surface area contributed by atoms with E-state index in [0.29, 0.717) is 25.3 Å². The fourth-order valence-corrected chi connectivity index (χ4v) is 16.8. The van der Waals surface area contributed by atoms with Gasteiger partial charge in [-0.2, -0.15) is 0 Å². The van der Waals surface area contributed by atoms with Gasteiger partial charge in [-0.3, -0.25) is 19.9 Å². The molecular weight excluding hydrogens is 1240 g/mol. The maximum atomic E-state index is 12.9. The summed E-state index contributed by atoms with van der Waals surface area (Å²) in [5.74, 6) is 0.354. The largest absolute Gasteiger partial charge is 0.450 e. The summed E-state index contributed by atoms with van der Waals surface area (Å²) >= 11 is 1.28. The maximum Gasteiger partial charge on any atom is 0.218 e. The van der Waals surface area contributed by atoms with E-state index in [1.807, 2.05) is 199 Å². The van der Waals surface area contributed by atoms with E-state index in [9.17, 15) is 33.7 Å². The minimum absolute atomic E-state index is 0.000624. The molecule has 0 saturated heterocycles. The number of hydrogen-bond acceptors (Lipinski definition) is 15. The minimum Gasteiger partial charge on any atom is -0.450 e. The molecule has 19 heteroatoms. The fourth-order valence-electron chi connectivity index (χ4n) is 10.1. The monoisotopic (exact) mass is 1310 g/mol. The van der Waals surface area contributed by atoms with Gasteiger partial charge in [-0.25, -0.2) is 33.7 Å². The van der Waals surface area contributed by atoms with Crippen molar-refractivity contribution in [3.8, 4) is 0 Å². The van der Waals surface area contributed by atoms with Crippen LogP contribution in [0, 0.1) is 41.5 Å². The van der Waals surface area contributed by atoms with Crippen LogP contribution in [0.25, 0.3) is 43.6 Å². The first-order chi connectivity index (χ1) is 42.9. The van der Waals surface area contributed by atoms with Crippen molar-refractivity contribution in [2.24, 2.45) is 0 Å². The highest BCUT2D eigenvalue weighted by Gasteiger charge is 2.24. The lowest BCUT2D eigenvalue weighted by molar-refractivity contribution is 0.428. The molecule has 14 nitrogen and oxygen atoms in total. The van der Waals surface area contributed by atoms with E-state index in [-0.39, 0.29) is 33.5 Å². The molecule has 0 unspecified atom stereocenters. The lowest BCUT2D eigenvalue weighted by Gasteiger charge is -2.19. The Kier molecular flexibility index (Phi) is 20.3. The van der Waals surface area contributed by atoms with Crippen LogP contribution in [-0.4, -0.2) is 67.7 Å². The normalized spacial score (nSPS) is 12.0. The molecule has 6 aromatic heterocycles. The highest BCUT2D eigenvalue weighted by atomic mass is 32.2. The van der Waals surface area contributed by atoms with Gasteiger partial charge in [-0.1, -0.05) is 130 Å². The SMILES string of the molecule is Cc1ccc2cccc(CS(=O)(=O)c3ccc(C(C)(C)C)cc3)c2n1.Cc1ccc2cccc(CS(=O)(=O)c3ccc(C)o3)c2n1.Cc1ccc2cccc(CS(=O)(=O)c3ccc(N(C)C)cc3)c2n1.Cc1csc(S(=O)(=O)Cc2cccc3ccc(C)nc23)c1. The predicted molar refractivity (Wildman–Crippen MR) is 368 cm³/mol. The Labute approximate surface area is 538 Å². The number of sulfone groups is 4. The van der Waals surface area contributed by atoms with Crippen LogP contribution < -0.4 is 4.90 Å². The third-order valence-electron chi connectivity index (χ3n) is 15.0. The fraction of sp³-hybridized carbons (Fsp3) is 0.222. The van der Waals surface area contributed by atoms with Gasteiger partial charge in [0.25, 0.3) is 0 Å². The zero-order valence-corrected chi connectivity index (χ0v) is 56.8. The van der Waals surface area contributed by atoms with Crippen LogP contribution in [0.5, 0.6) is 0 Å². The molecule has 0 aliphatic heterocycles. The van der Waals surface area contributed by atoms with Crippen LogP contribution >= 0.6 is 11.3 Å². The van der Waals surface area contributed by atoms with Crippen molar-refractivity contribution in [2.45, 2.75) is 110 Å². The standard InChI is InChI=1S/C21H23NO2S.C19H20N2O2S.C16H15NO3S.C16H15NO2S2/c1-15-8-9-16-6-5-7-17(20(16)22-15)14-25(23,24)19-12-10-18(11-13-19)21(2,3)4;1-14-7-8-15-5-4-6-16(19(15)20-14)13-24(22,23)18-11-9-17(10-12-18)21(2)3;1-11-6-8-13-4-3-5-14(16(13)17-11)10-21(18,19)15-9-7-12(2)20-15;1-11-8-15(20-9-11)21(18,19)10-14-5-3-4-13-7-6-12(2)17-16(13)14/h5-13H,14H2,1-4H3;4-12H,13H2,1-3H3;2*3-9H,10H2,1-2H3. The Morgan fingerprint density at radius 3 is 1.08 bits per heavy atom. The molecule has 0 N–H and O–H groups in total. The second-order valence-electron chi connectivity index (χ2n) is 23.8. The van der Waals surface area contributed by atoms with Crippen LogP contribution in [0.1, 0.15) is 82.7 Å². The molecule has 0 amide bonds. The number of aromatic nitrogens is 4. The summed E-state index contributed by atoms with van der Waals surface area (Å²) in [6.07, 6.45) is 0. The average Bonchev–Trinajstić information content (AvgIpc) is 1.14. The number of hydrogen-bond donors (Lipinski definition) is 0. The third kappa shape index (κ3) is 16.7. The molecule has 0 aliphatic carbocycles. The molecular formula is C72H73N5O9S5. The van der Waals surface area contributed by atoms with Gasteiger partial charge in [0.15, 0.2) is 29.5 Å². The van der Waals surface area contributed by atoms with Crippen LogP contribution in [0.2, 0.25) is 0 Å². The minimum atomic E-state index is -3.50. The highest BCUT2D eigenvalue weighted by Crippen LogP contribution is 2.31. The van der Waals surface area contributed by atoms with Crippen molar-refractivity contribution in [1.82, 2.24) is 19.9 Å². The second-order valence-corrected chi connectivity index (χ2v) is 32.8. The Morgan fingerprint density at radius 1 is 0.407 bits per heavy atom. The van der Waals surface area contributed by atoms with Gasteiger partial charge in [-0.05, 0) is 165 Å². The Balaban J connectivity index is 0.000000144. The van der Waals surface area contributed by atoms with Gasteiger partial charge in [0, 0.05) is 64.1 Å². The summed E-state index contributed by atoms with van der Waals surface area (Å²) in [6.45, 7) is 17.6. The number of thiophene rings is 1. The second kappa shape index (κ2) is 27.6. The van der Waals surface area contributed by atoms with Crippen LogP contribution in [0.3, 0.4) is 0 Å². The molecule has 0 atom stereocenters. The molecule has 0 fully saturated rings. The number of aryl methyl sites for hydroxylation is 6. The number of pyridine rings is 4. The Hall–Kier alpha value is -8.46. The first-order valence-corrected chi connectivity index (χ1v) is 36.8. The van der Waals surface area contributed by atoms with Gasteiger partial charge in [0.05, 0.1) is 54.9 Å². The molecule has 91 heavy (non-hydrogen) atoms. The van der Waals surface area contributed by atoms with Crippen molar-refractivity contribution in [1.29, 1.82) is 0 Å². The third-order valence-corrected chi connectivity index (χ3v) is 23.2. The molecule has 12 rings (SSSR count). The summed E-state index contributed by atoms with van der Waals surface area (Å²) in [5, 5.41) is 5.68. The van der Waals surface area contributed by atoms with E-state index in [1.54, 1.807) is 49.4 Å². The smallest absolute Gasteiger partial charge is 0.218 e. The van der Waals surface area contributed by atoms with Crippen LogP contribution in [-0.2, 0) is 67.8 Å².